The van der Waals surface area contributed by atoms with E-state index in [4.69, 9.17) is 20.4 Å². The highest BCUT2D eigenvalue weighted by atomic mass is 16.5. The van der Waals surface area contributed by atoms with Gasteiger partial charge in [0.2, 0.25) is 0 Å². The third-order valence-corrected chi connectivity index (χ3v) is 6.69. The van der Waals surface area contributed by atoms with Gasteiger partial charge in [0.05, 0.1) is 60.6 Å². The van der Waals surface area contributed by atoms with Crippen LogP contribution in [0.1, 0.15) is 41.9 Å². The van der Waals surface area contributed by atoms with E-state index in [1.807, 2.05) is 23.7 Å². The highest BCUT2D eigenvalue weighted by Crippen LogP contribution is 2.44. The quantitative estimate of drug-likeness (QED) is 0.422. The zero-order valence-corrected chi connectivity index (χ0v) is 20.2. The van der Waals surface area contributed by atoms with Crippen molar-refractivity contribution < 1.29 is 9.53 Å². The number of nitrogens with two attached hydrogens (primary N) is 1. The summed E-state index contributed by atoms with van der Waals surface area (Å²) in [6, 6.07) is 4.12. The van der Waals surface area contributed by atoms with Crippen LogP contribution in [0.5, 0.6) is 0 Å². The Hall–Kier alpha value is -4.12. The highest BCUT2D eigenvalue weighted by Gasteiger charge is 2.32. The van der Waals surface area contributed by atoms with Crippen molar-refractivity contribution in [2.45, 2.75) is 31.7 Å². The summed E-state index contributed by atoms with van der Waals surface area (Å²) in [7, 11) is 1.91. The standard InChI is InChI=1S/C25H27N9O2/c1-14-12-36-8-7-34(14)19-6-5-16(9-28-19)30-25-23(24(26)35)31-22(20(32-25)15-3-4-15)17-10-27-11-18-21(17)29-13-33(18)2/h5-6,9-11,13-15H,3-4,7-8,12H2,1-2H3,(H2,26,35)(H,30,32)/t14-/m1/s1. The van der Waals surface area contributed by atoms with Gasteiger partial charge in [0.1, 0.15) is 11.3 Å². The number of primary amides is 1. The molecule has 0 bridgehead atoms. The van der Waals surface area contributed by atoms with Gasteiger partial charge in [0.25, 0.3) is 5.91 Å². The Balaban J connectivity index is 1.38. The molecule has 1 aliphatic carbocycles. The lowest BCUT2D eigenvalue weighted by atomic mass is 10.1. The molecule has 1 aliphatic heterocycles. The number of nitrogens with zero attached hydrogens (tertiary/aromatic N) is 7. The van der Waals surface area contributed by atoms with Gasteiger partial charge in [-0.2, -0.15) is 0 Å². The van der Waals surface area contributed by atoms with E-state index in [1.54, 1.807) is 24.9 Å². The number of aromatic nitrogens is 6. The summed E-state index contributed by atoms with van der Waals surface area (Å²) in [5, 5.41) is 3.22. The Morgan fingerprint density at radius 3 is 2.75 bits per heavy atom. The van der Waals surface area contributed by atoms with Gasteiger partial charge < -0.3 is 25.3 Å². The fraction of sp³-hybridized carbons (Fsp3) is 0.360. The maximum atomic E-state index is 12.5. The Morgan fingerprint density at radius 1 is 1.17 bits per heavy atom. The van der Waals surface area contributed by atoms with Gasteiger partial charge in [-0.3, -0.25) is 9.78 Å². The third-order valence-electron chi connectivity index (χ3n) is 6.69. The van der Waals surface area contributed by atoms with Gasteiger partial charge in [-0.05, 0) is 31.9 Å². The molecule has 1 amide bonds. The first-order valence-corrected chi connectivity index (χ1v) is 12.0. The maximum absolute atomic E-state index is 12.5. The second-order valence-electron chi connectivity index (χ2n) is 9.35. The molecule has 4 aromatic heterocycles. The molecule has 4 aromatic rings. The van der Waals surface area contributed by atoms with Gasteiger partial charge in [-0.25, -0.2) is 19.9 Å². The van der Waals surface area contributed by atoms with Crippen LogP contribution < -0.4 is 16.0 Å². The van der Waals surface area contributed by atoms with Gasteiger partial charge in [0, 0.05) is 31.3 Å². The zero-order chi connectivity index (χ0) is 24.8. The average Bonchev–Trinajstić information content (AvgIpc) is 3.67. The molecule has 1 saturated carbocycles. The first kappa shape index (κ1) is 22.4. The highest BCUT2D eigenvalue weighted by molar-refractivity contribution is 5.98. The van der Waals surface area contributed by atoms with Gasteiger partial charge >= 0.3 is 0 Å². The summed E-state index contributed by atoms with van der Waals surface area (Å²) in [6.45, 7) is 4.27. The molecule has 6 rings (SSSR count). The number of hydrogen-bond acceptors (Lipinski definition) is 9. The number of aryl methyl sites for hydroxylation is 1. The smallest absolute Gasteiger partial charge is 0.271 e. The van der Waals surface area contributed by atoms with Crippen molar-refractivity contribution in [3.63, 3.8) is 0 Å². The van der Waals surface area contributed by atoms with E-state index in [-0.39, 0.29) is 17.7 Å². The van der Waals surface area contributed by atoms with Crippen LogP contribution in [0.3, 0.4) is 0 Å². The number of hydrogen-bond donors (Lipinski definition) is 2. The molecule has 11 nitrogen and oxygen atoms in total. The first-order valence-electron chi connectivity index (χ1n) is 12.0. The van der Waals surface area contributed by atoms with E-state index in [1.165, 1.54) is 0 Å². The van der Waals surface area contributed by atoms with Crippen LogP contribution in [0.25, 0.3) is 22.3 Å². The lowest BCUT2D eigenvalue weighted by Crippen LogP contribution is -2.44. The molecule has 0 aromatic carbocycles. The summed E-state index contributed by atoms with van der Waals surface area (Å²) >= 11 is 0. The number of anilines is 3. The third kappa shape index (κ3) is 4.01. The first-order chi connectivity index (χ1) is 17.5. The molecule has 5 heterocycles. The largest absolute Gasteiger partial charge is 0.377 e. The molecular formula is C25H27N9O2. The van der Waals surface area contributed by atoms with Crippen LogP contribution in [0.2, 0.25) is 0 Å². The summed E-state index contributed by atoms with van der Waals surface area (Å²) in [4.78, 5) is 37.8. The molecule has 3 N–H and O–H groups in total. The van der Waals surface area contributed by atoms with E-state index in [0.717, 1.165) is 47.5 Å². The van der Waals surface area contributed by atoms with Gasteiger partial charge in [-0.1, -0.05) is 0 Å². The average molecular weight is 486 g/mol. The van der Waals surface area contributed by atoms with E-state index < -0.39 is 5.91 Å². The lowest BCUT2D eigenvalue weighted by Gasteiger charge is -2.34. The van der Waals surface area contributed by atoms with Crippen LogP contribution in [-0.4, -0.2) is 61.2 Å². The lowest BCUT2D eigenvalue weighted by molar-refractivity contribution is 0.0985. The number of carbonyl (C=O) groups is 1. The summed E-state index contributed by atoms with van der Waals surface area (Å²) in [6.07, 6.45) is 8.97. The Kier molecular flexibility index (Phi) is 5.48. The van der Waals surface area contributed by atoms with Crippen molar-refractivity contribution in [1.29, 1.82) is 0 Å². The molecule has 2 fully saturated rings. The van der Waals surface area contributed by atoms with Crippen LogP contribution in [-0.2, 0) is 11.8 Å². The van der Waals surface area contributed by atoms with Gasteiger partial charge in [-0.15, -0.1) is 0 Å². The van der Waals surface area contributed by atoms with Crippen molar-refractivity contribution in [2.75, 3.05) is 30.0 Å². The molecule has 0 spiro atoms. The Morgan fingerprint density at radius 2 is 2.03 bits per heavy atom. The van der Waals surface area contributed by atoms with Crippen molar-refractivity contribution in [2.24, 2.45) is 12.8 Å². The minimum Gasteiger partial charge on any atom is -0.377 e. The van der Waals surface area contributed by atoms with Crippen LogP contribution >= 0.6 is 0 Å². The Labute approximate surface area is 207 Å². The van der Waals surface area contributed by atoms with Crippen LogP contribution in [0.15, 0.2) is 37.1 Å². The molecule has 0 radical (unpaired) electrons. The summed E-state index contributed by atoms with van der Waals surface area (Å²) in [5.74, 6) is 0.796. The minimum absolute atomic E-state index is 0.0632. The van der Waals surface area contributed by atoms with Gasteiger partial charge in [0.15, 0.2) is 11.5 Å². The monoisotopic (exact) mass is 485 g/mol. The topological polar surface area (TPSA) is 137 Å². The SMILES string of the molecule is C[C@@H]1COCCN1c1ccc(Nc2nc(C3CC3)c(-c3cncc4c3ncn4C)nc2C(N)=O)cn1. The fourth-order valence-electron chi connectivity index (χ4n) is 4.60. The van der Waals surface area contributed by atoms with Crippen molar-refractivity contribution in [3.8, 4) is 11.3 Å². The number of nitrogens with one attached hydrogen (secondary N) is 1. The molecular weight excluding hydrogens is 458 g/mol. The normalized spacial score (nSPS) is 17.9. The Bertz CT molecular complexity index is 1450. The molecule has 11 heteroatoms. The van der Waals surface area contributed by atoms with Crippen LogP contribution in [0, 0.1) is 0 Å². The van der Waals surface area contributed by atoms with Crippen molar-refractivity contribution in [3.05, 3.63) is 48.4 Å². The number of rotatable bonds is 6. The van der Waals surface area contributed by atoms with E-state index >= 15 is 0 Å². The molecule has 2 aliphatic rings. The van der Waals surface area contributed by atoms with Crippen molar-refractivity contribution in [1.82, 2.24) is 29.5 Å². The van der Waals surface area contributed by atoms with Crippen molar-refractivity contribution >= 4 is 34.3 Å². The number of carbonyl (C=O) groups excluding carboxylic acids is 1. The molecule has 1 saturated heterocycles. The number of ether oxygens (including phenoxy) is 1. The maximum Gasteiger partial charge on any atom is 0.271 e. The molecule has 0 unspecified atom stereocenters. The second kappa shape index (κ2) is 8.83. The van der Waals surface area contributed by atoms with E-state index in [9.17, 15) is 4.79 Å². The van der Waals surface area contributed by atoms with E-state index in [2.05, 4.69) is 32.1 Å². The number of amides is 1. The molecule has 1 atom stereocenters. The number of fused-ring (bicyclic) bond motifs is 1. The fourth-order valence-corrected chi connectivity index (χ4v) is 4.60. The summed E-state index contributed by atoms with van der Waals surface area (Å²) in [5.41, 5.74) is 10.3. The molecule has 36 heavy (non-hydrogen) atoms. The molecule has 184 valence electrons. The zero-order valence-electron chi connectivity index (χ0n) is 20.2. The summed E-state index contributed by atoms with van der Waals surface area (Å²) < 4.78 is 7.42. The second-order valence-corrected chi connectivity index (χ2v) is 9.35. The predicted molar refractivity (Wildman–Crippen MR) is 135 cm³/mol. The number of imidazole rings is 1. The number of pyridine rings is 2. The number of morpholine rings is 1. The predicted octanol–water partition coefficient (Wildman–Crippen LogP) is 2.77. The van der Waals surface area contributed by atoms with E-state index in [0.29, 0.717) is 30.4 Å². The minimum atomic E-state index is -0.665. The van der Waals surface area contributed by atoms with Crippen LogP contribution in [0.4, 0.5) is 17.3 Å².